The average Bonchev–Trinajstić information content (AvgIpc) is 2.50. The van der Waals surface area contributed by atoms with E-state index >= 15 is 0 Å². The molecule has 2 rings (SSSR count). The van der Waals surface area contributed by atoms with E-state index in [4.69, 9.17) is 9.47 Å². The van der Waals surface area contributed by atoms with Crippen molar-refractivity contribution in [1.29, 1.82) is 0 Å². The number of nitrogens with one attached hydrogen (secondary N) is 1. The van der Waals surface area contributed by atoms with Crippen LogP contribution in [0.15, 0.2) is 24.3 Å². The van der Waals surface area contributed by atoms with Crippen molar-refractivity contribution >= 4 is 5.97 Å². The summed E-state index contributed by atoms with van der Waals surface area (Å²) in [6.45, 7) is 5.56. The molecule has 21 heavy (non-hydrogen) atoms. The molecule has 0 amide bonds. The minimum absolute atomic E-state index is 0.00858. The minimum atomic E-state index is -0.271. The summed E-state index contributed by atoms with van der Waals surface area (Å²) in [5.41, 5.74) is 2.57. The third-order valence-electron chi connectivity index (χ3n) is 3.83. The number of rotatable bonds is 6. The average molecular weight is 291 g/mol. The molecule has 0 saturated heterocycles. The first-order chi connectivity index (χ1) is 10.1. The molecule has 0 spiro atoms. The molecule has 1 aromatic rings. The third kappa shape index (κ3) is 4.29. The minimum Gasteiger partial charge on any atom is -0.468 e. The number of fused-ring (bicyclic) bond motifs is 1. The SMILES string of the molecule is COC(=O)C(CC(C)C)NCC1OCCc2ccccc21. The molecule has 0 aliphatic carbocycles. The van der Waals surface area contributed by atoms with Crippen LogP contribution in [0.5, 0.6) is 0 Å². The lowest BCUT2D eigenvalue weighted by Gasteiger charge is -2.28. The quantitative estimate of drug-likeness (QED) is 0.818. The van der Waals surface area contributed by atoms with E-state index in [1.807, 2.05) is 6.07 Å². The lowest BCUT2D eigenvalue weighted by Crippen LogP contribution is -2.41. The molecule has 4 heteroatoms. The summed E-state index contributed by atoms with van der Waals surface area (Å²) in [7, 11) is 1.43. The van der Waals surface area contributed by atoms with Crippen LogP contribution in [0.2, 0.25) is 0 Å². The zero-order chi connectivity index (χ0) is 15.2. The normalized spacial score (nSPS) is 19.1. The molecule has 1 aliphatic heterocycles. The van der Waals surface area contributed by atoms with Gasteiger partial charge in [0.1, 0.15) is 6.04 Å². The number of ether oxygens (including phenoxy) is 2. The molecule has 1 heterocycles. The molecule has 2 atom stereocenters. The molecular formula is C17H25NO3. The van der Waals surface area contributed by atoms with Gasteiger partial charge in [-0.2, -0.15) is 0 Å². The van der Waals surface area contributed by atoms with Crippen LogP contribution >= 0.6 is 0 Å². The van der Waals surface area contributed by atoms with Crippen LogP contribution < -0.4 is 5.32 Å². The van der Waals surface area contributed by atoms with Gasteiger partial charge in [0.15, 0.2) is 0 Å². The number of hydrogen-bond donors (Lipinski definition) is 1. The molecular weight excluding hydrogens is 266 g/mol. The van der Waals surface area contributed by atoms with E-state index in [1.165, 1.54) is 18.2 Å². The van der Waals surface area contributed by atoms with Gasteiger partial charge in [-0.3, -0.25) is 4.79 Å². The highest BCUT2D eigenvalue weighted by Crippen LogP contribution is 2.26. The predicted molar refractivity (Wildman–Crippen MR) is 82.1 cm³/mol. The Bertz CT molecular complexity index is 473. The van der Waals surface area contributed by atoms with Gasteiger partial charge in [-0.1, -0.05) is 38.1 Å². The zero-order valence-corrected chi connectivity index (χ0v) is 13.1. The summed E-state index contributed by atoms with van der Waals surface area (Å²) in [5, 5.41) is 3.31. The smallest absolute Gasteiger partial charge is 0.322 e. The molecule has 0 aromatic heterocycles. The Morgan fingerprint density at radius 1 is 1.43 bits per heavy atom. The van der Waals surface area contributed by atoms with E-state index in [9.17, 15) is 4.79 Å². The van der Waals surface area contributed by atoms with Gasteiger partial charge in [-0.25, -0.2) is 0 Å². The Labute approximate surface area is 126 Å². The molecule has 116 valence electrons. The highest BCUT2D eigenvalue weighted by molar-refractivity contribution is 5.75. The topological polar surface area (TPSA) is 47.6 Å². The Morgan fingerprint density at radius 2 is 2.19 bits per heavy atom. The summed E-state index contributed by atoms with van der Waals surface area (Å²) in [6, 6.07) is 8.08. The van der Waals surface area contributed by atoms with Gasteiger partial charge in [0.2, 0.25) is 0 Å². The predicted octanol–water partition coefficient (Wildman–Crippen LogP) is 2.48. The number of methoxy groups -OCH3 is 1. The summed E-state index contributed by atoms with van der Waals surface area (Å²) < 4.78 is 10.7. The van der Waals surface area contributed by atoms with Gasteiger partial charge >= 0.3 is 5.97 Å². The van der Waals surface area contributed by atoms with Crippen molar-refractivity contribution in [2.75, 3.05) is 20.3 Å². The van der Waals surface area contributed by atoms with Crippen molar-refractivity contribution in [3.8, 4) is 0 Å². The van der Waals surface area contributed by atoms with Gasteiger partial charge in [0.05, 0.1) is 19.8 Å². The first-order valence-electron chi connectivity index (χ1n) is 7.62. The lowest BCUT2D eigenvalue weighted by molar-refractivity contribution is -0.143. The molecule has 0 fully saturated rings. The van der Waals surface area contributed by atoms with E-state index in [1.54, 1.807) is 0 Å². The van der Waals surface area contributed by atoms with Crippen molar-refractivity contribution < 1.29 is 14.3 Å². The van der Waals surface area contributed by atoms with Crippen LogP contribution in [-0.2, 0) is 20.7 Å². The first-order valence-corrected chi connectivity index (χ1v) is 7.62. The van der Waals surface area contributed by atoms with E-state index < -0.39 is 0 Å². The van der Waals surface area contributed by atoms with Crippen LogP contribution in [0.4, 0.5) is 0 Å². The molecule has 0 radical (unpaired) electrons. The van der Waals surface area contributed by atoms with E-state index in [0.717, 1.165) is 19.4 Å². The third-order valence-corrected chi connectivity index (χ3v) is 3.83. The second-order valence-electron chi connectivity index (χ2n) is 5.92. The monoisotopic (exact) mass is 291 g/mol. The van der Waals surface area contributed by atoms with Crippen LogP contribution in [0.3, 0.4) is 0 Å². The zero-order valence-electron chi connectivity index (χ0n) is 13.1. The fourth-order valence-electron chi connectivity index (χ4n) is 2.77. The Hall–Kier alpha value is -1.39. The van der Waals surface area contributed by atoms with E-state index in [2.05, 4.69) is 37.4 Å². The van der Waals surface area contributed by atoms with E-state index in [-0.39, 0.29) is 18.1 Å². The largest absolute Gasteiger partial charge is 0.468 e. The molecule has 1 aliphatic rings. The van der Waals surface area contributed by atoms with Gasteiger partial charge in [-0.15, -0.1) is 0 Å². The van der Waals surface area contributed by atoms with Crippen molar-refractivity contribution in [3.63, 3.8) is 0 Å². The van der Waals surface area contributed by atoms with Gasteiger partial charge in [-0.05, 0) is 29.9 Å². The van der Waals surface area contributed by atoms with Crippen molar-refractivity contribution in [1.82, 2.24) is 5.32 Å². The molecule has 0 bridgehead atoms. The van der Waals surface area contributed by atoms with Gasteiger partial charge in [0, 0.05) is 6.54 Å². The number of esters is 1. The maximum Gasteiger partial charge on any atom is 0.322 e. The van der Waals surface area contributed by atoms with E-state index in [0.29, 0.717) is 12.5 Å². The van der Waals surface area contributed by atoms with Crippen LogP contribution in [0.1, 0.15) is 37.5 Å². The maximum atomic E-state index is 11.8. The highest BCUT2D eigenvalue weighted by atomic mass is 16.5. The molecule has 2 unspecified atom stereocenters. The summed E-state index contributed by atoms with van der Waals surface area (Å²) >= 11 is 0. The Kier molecular flexibility index (Phi) is 5.76. The standard InChI is InChI=1S/C17H25NO3/c1-12(2)10-15(17(19)20-3)18-11-16-14-7-5-4-6-13(14)8-9-21-16/h4-7,12,15-16,18H,8-11H2,1-3H3. The van der Waals surface area contributed by atoms with Crippen molar-refractivity contribution in [2.24, 2.45) is 5.92 Å². The fourth-order valence-corrected chi connectivity index (χ4v) is 2.77. The first kappa shape index (κ1) is 16.0. The summed E-state index contributed by atoms with van der Waals surface area (Å²) in [5.74, 6) is 0.231. The highest BCUT2D eigenvalue weighted by Gasteiger charge is 2.24. The fraction of sp³-hybridized carbons (Fsp3) is 0.588. The molecule has 0 saturated carbocycles. The van der Waals surface area contributed by atoms with Crippen LogP contribution in [0.25, 0.3) is 0 Å². The molecule has 1 N–H and O–H groups in total. The van der Waals surface area contributed by atoms with Gasteiger partial charge < -0.3 is 14.8 Å². The maximum absolute atomic E-state index is 11.8. The summed E-state index contributed by atoms with van der Waals surface area (Å²) in [6.07, 6.45) is 1.73. The summed E-state index contributed by atoms with van der Waals surface area (Å²) in [4.78, 5) is 11.8. The van der Waals surface area contributed by atoms with Crippen LogP contribution in [0, 0.1) is 5.92 Å². The molecule has 4 nitrogen and oxygen atoms in total. The second kappa shape index (κ2) is 7.57. The Balaban J connectivity index is 1.99. The van der Waals surface area contributed by atoms with Crippen LogP contribution in [-0.4, -0.2) is 32.3 Å². The van der Waals surface area contributed by atoms with Gasteiger partial charge in [0.25, 0.3) is 0 Å². The Morgan fingerprint density at radius 3 is 2.90 bits per heavy atom. The number of carbonyl (C=O) groups excluding carboxylic acids is 1. The number of benzene rings is 1. The second-order valence-corrected chi connectivity index (χ2v) is 5.92. The number of carbonyl (C=O) groups is 1. The van der Waals surface area contributed by atoms with Crippen molar-refractivity contribution in [2.45, 2.75) is 38.8 Å². The van der Waals surface area contributed by atoms with Crippen molar-refractivity contribution in [3.05, 3.63) is 35.4 Å². The lowest BCUT2D eigenvalue weighted by atomic mass is 9.97. The number of hydrogen-bond acceptors (Lipinski definition) is 4. The molecule has 1 aromatic carbocycles.